The van der Waals surface area contributed by atoms with Gasteiger partial charge in [-0.15, -0.1) is 0 Å². The van der Waals surface area contributed by atoms with Gasteiger partial charge in [-0.2, -0.15) is 8.42 Å². The summed E-state index contributed by atoms with van der Waals surface area (Å²) in [6.45, 7) is 5.89. The molecule has 9 heteroatoms. The van der Waals surface area contributed by atoms with Gasteiger partial charge in [-0.25, -0.2) is 0 Å². The minimum atomic E-state index is -3.92. The molecule has 0 saturated heterocycles. The normalized spacial score (nSPS) is 13.3. The highest BCUT2D eigenvalue weighted by atomic mass is 35.5. The minimum absolute atomic E-state index is 0.222. The number of hydrogen-bond donors (Lipinski definition) is 1. The van der Waals surface area contributed by atoms with Gasteiger partial charge in [0.2, 0.25) is 0 Å². The average Bonchev–Trinajstić information content (AvgIpc) is 2.97. The van der Waals surface area contributed by atoms with E-state index in [2.05, 4.69) is 77.4 Å². The van der Waals surface area contributed by atoms with Crippen LogP contribution in [0, 0.1) is 6.92 Å². The van der Waals surface area contributed by atoms with Crippen molar-refractivity contribution in [1.29, 1.82) is 0 Å². The van der Waals surface area contributed by atoms with Crippen molar-refractivity contribution in [2.75, 3.05) is 28.6 Å². The molecule has 2 aliphatic rings. The monoisotopic (exact) mass is 638 g/mol. The lowest BCUT2D eigenvalue weighted by Gasteiger charge is -2.33. The molecule has 2 heterocycles. The van der Waals surface area contributed by atoms with Crippen LogP contribution in [0.3, 0.4) is 0 Å². The minimum Gasteiger partial charge on any atom is -0.340 e. The Labute approximate surface area is 263 Å². The summed E-state index contributed by atoms with van der Waals surface area (Å²) >= 11 is 9.75. The second-order valence-electron chi connectivity index (χ2n) is 10.4. The van der Waals surface area contributed by atoms with Crippen molar-refractivity contribution in [3.63, 3.8) is 0 Å². The molecule has 1 N–H and O–H groups in total. The summed E-state index contributed by atoms with van der Waals surface area (Å²) < 4.78 is 30.8. The van der Waals surface area contributed by atoms with Crippen molar-refractivity contribution in [3.05, 3.63) is 95.5 Å². The lowest BCUT2D eigenvalue weighted by atomic mass is 10.1. The van der Waals surface area contributed by atoms with E-state index in [1.165, 1.54) is 46.0 Å². The fourth-order valence-electron chi connectivity index (χ4n) is 5.15. The Bertz CT molecular complexity index is 1660. The van der Waals surface area contributed by atoms with Crippen molar-refractivity contribution >= 4 is 68.0 Å². The van der Waals surface area contributed by atoms with E-state index in [0.29, 0.717) is 13.0 Å². The molecule has 42 heavy (non-hydrogen) atoms. The van der Waals surface area contributed by atoms with Crippen LogP contribution in [-0.2, 0) is 10.1 Å². The standard InChI is InChI=1S/C17H18ClNS.C16H17NO3S2/c1-2-3-6-11-19-14-7-4-5-8-16(14)20-17-10-9-13(18)12-15(17)19;1-12-7-8-16-14(11-12)17(9-4-10-22(18,19)20)13-5-2-3-6-15(13)21-16/h4-5,7-10,12H,2-3,6,11H2,1H3;2-3,5-8,11H,4,9-10H2,1H3,(H,18,19,20). The van der Waals surface area contributed by atoms with Crippen LogP contribution < -0.4 is 9.80 Å². The van der Waals surface area contributed by atoms with E-state index >= 15 is 0 Å². The van der Waals surface area contributed by atoms with Crippen molar-refractivity contribution in [1.82, 2.24) is 0 Å². The Morgan fingerprint density at radius 2 is 1.21 bits per heavy atom. The highest BCUT2D eigenvalue weighted by Gasteiger charge is 2.24. The maximum absolute atomic E-state index is 11.0. The topological polar surface area (TPSA) is 60.9 Å². The maximum Gasteiger partial charge on any atom is 0.264 e. The smallest absolute Gasteiger partial charge is 0.264 e. The van der Waals surface area contributed by atoms with Gasteiger partial charge < -0.3 is 9.80 Å². The fourth-order valence-corrected chi connectivity index (χ4v) is 7.96. The Balaban J connectivity index is 0.000000169. The van der Waals surface area contributed by atoms with Gasteiger partial charge in [0.15, 0.2) is 0 Å². The molecule has 0 amide bonds. The quantitative estimate of drug-likeness (QED) is 0.152. The molecule has 0 saturated carbocycles. The van der Waals surface area contributed by atoms with Gasteiger partial charge in [0.25, 0.3) is 10.1 Å². The number of anilines is 4. The number of benzene rings is 4. The van der Waals surface area contributed by atoms with E-state index in [-0.39, 0.29) is 5.75 Å². The summed E-state index contributed by atoms with van der Waals surface area (Å²) in [6.07, 6.45) is 4.10. The molecular weight excluding hydrogens is 604 g/mol. The molecule has 6 rings (SSSR count). The first-order valence-corrected chi connectivity index (χ1v) is 17.8. The number of hydrogen-bond acceptors (Lipinski definition) is 6. The van der Waals surface area contributed by atoms with Crippen LogP contribution >= 0.6 is 35.1 Å². The number of para-hydroxylation sites is 2. The predicted octanol–water partition coefficient (Wildman–Crippen LogP) is 10.0. The van der Waals surface area contributed by atoms with Crippen LogP contribution in [-0.4, -0.2) is 31.8 Å². The van der Waals surface area contributed by atoms with Gasteiger partial charge in [-0.1, -0.05) is 85.2 Å². The molecule has 0 spiro atoms. The van der Waals surface area contributed by atoms with Crippen LogP contribution in [0.25, 0.3) is 0 Å². The molecule has 0 radical (unpaired) electrons. The first-order chi connectivity index (χ1) is 20.2. The van der Waals surface area contributed by atoms with E-state index in [1.54, 1.807) is 11.8 Å². The van der Waals surface area contributed by atoms with Crippen LogP contribution in [0.2, 0.25) is 5.02 Å². The summed E-state index contributed by atoms with van der Waals surface area (Å²) in [4.78, 5) is 9.51. The average molecular weight is 639 g/mol. The first-order valence-electron chi connectivity index (χ1n) is 14.2. The number of fused-ring (bicyclic) bond motifs is 4. The van der Waals surface area contributed by atoms with Crippen LogP contribution in [0.5, 0.6) is 0 Å². The highest BCUT2D eigenvalue weighted by molar-refractivity contribution is 8.00. The van der Waals surface area contributed by atoms with Gasteiger partial charge in [0.1, 0.15) is 0 Å². The third kappa shape index (κ3) is 7.47. The molecule has 0 unspecified atom stereocenters. The molecule has 220 valence electrons. The molecule has 5 nitrogen and oxygen atoms in total. The van der Waals surface area contributed by atoms with Crippen LogP contribution in [0.4, 0.5) is 22.7 Å². The van der Waals surface area contributed by atoms with E-state index in [9.17, 15) is 8.42 Å². The molecular formula is C33H35ClN2O3S3. The Kier molecular flexibility index (Phi) is 10.1. The molecule has 0 bridgehead atoms. The molecule has 0 aliphatic carbocycles. The summed E-state index contributed by atoms with van der Waals surface area (Å²) in [7, 11) is -3.92. The molecule has 0 atom stereocenters. The zero-order valence-electron chi connectivity index (χ0n) is 23.8. The van der Waals surface area contributed by atoms with Gasteiger partial charge in [-0.3, -0.25) is 4.55 Å². The SMILES string of the molecule is CCCCCN1c2ccccc2Sc2ccc(Cl)cc21.Cc1ccc2c(c1)N(CCCS(=O)(=O)O)c1ccccc1S2. The van der Waals surface area contributed by atoms with E-state index in [0.717, 1.165) is 32.7 Å². The third-order valence-corrected chi connectivity index (χ3v) is 10.4. The Hall–Kier alpha value is -2.62. The molecule has 0 aromatic heterocycles. The van der Waals surface area contributed by atoms with Gasteiger partial charge in [0.05, 0.1) is 28.5 Å². The van der Waals surface area contributed by atoms with Crippen LogP contribution in [0.1, 0.15) is 38.2 Å². The number of aryl methyl sites for hydroxylation is 1. The lowest BCUT2D eigenvalue weighted by molar-refractivity contribution is 0.481. The van der Waals surface area contributed by atoms with Gasteiger partial charge >= 0.3 is 0 Å². The third-order valence-electron chi connectivity index (χ3n) is 7.14. The molecule has 4 aromatic rings. The van der Waals surface area contributed by atoms with E-state index in [4.69, 9.17) is 16.2 Å². The first kappa shape index (κ1) is 30.8. The van der Waals surface area contributed by atoms with Gasteiger partial charge in [-0.05, 0) is 79.9 Å². The second-order valence-corrected chi connectivity index (χ2v) is 14.5. The summed E-state index contributed by atoms with van der Waals surface area (Å²) in [6, 6.07) is 29.2. The summed E-state index contributed by atoms with van der Waals surface area (Å²) in [5.74, 6) is -0.222. The van der Waals surface area contributed by atoms with Crippen LogP contribution in [0.15, 0.2) is 105 Å². The number of halogens is 1. The predicted molar refractivity (Wildman–Crippen MR) is 178 cm³/mol. The second kappa shape index (κ2) is 13.8. The summed E-state index contributed by atoms with van der Waals surface area (Å²) in [5, 5.41) is 0.809. The van der Waals surface area contributed by atoms with E-state index in [1.807, 2.05) is 43.0 Å². The van der Waals surface area contributed by atoms with Crippen molar-refractivity contribution in [2.24, 2.45) is 0 Å². The fraction of sp³-hybridized carbons (Fsp3) is 0.273. The van der Waals surface area contributed by atoms with Crippen molar-refractivity contribution in [2.45, 2.75) is 59.1 Å². The molecule has 4 aromatic carbocycles. The highest BCUT2D eigenvalue weighted by Crippen LogP contribution is 2.49. The van der Waals surface area contributed by atoms with Crippen molar-refractivity contribution in [3.8, 4) is 0 Å². The maximum atomic E-state index is 11.0. The zero-order valence-corrected chi connectivity index (χ0v) is 27.0. The number of nitrogens with zero attached hydrogens (tertiary/aromatic N) is 2. The van der Waals surface area contributed by atoms with Gasteiger partial charge in [0, 0.05) is 37.7 Å². The lowest BCUT2D eigenvalue weighted by Crippen LogP contribution is -2.23. The Morgan fingerprint density at radius 3 is 1.81 bits per heavy atom. The van der Waals surface area contributed by atoms with E-state index < -0.39 is 10.1 Å². The molecule has 2 aliphatic heterocycles. The largest absolute Gasteiger partial charge is 0.340 e. The molecule has 0 fully saturated rings. The number of rotatable bonds is 8. The summed E-state index contributed by atoms with van der Waals surface area (Å²) in [5.41, 5.74) is 5.90. The Morgan fingerprint density at radius 1 is 0.690 bits per heavy atom. The van der Waals surface area contributed by atoms with Crippen molar-refractivity contribution < 1.29 is 13.0 Å². The number of unbranched alkanes of at least 4 members (excludes halogenated alkanes) is 2. The zero-order chi connectivity index (χ0) is 29.7.